The molecule has 0 aliphatic carbocycles. The molecule has 0 radical (unpaired) electrons. The Labute approximate surface area is 131 Å². The maximum Gasteiger partial charge on any atom is 0.123 e. The summed E-state index contributed by atoms with van der Waals surface area (Å²) in [6.45, 7) is 4.85. The molecule has 1 N–H and O–H groups in total. The minimum Gasteiger partial charge on any atom is -0.314 e. The first kappa shape index (κ1) is 15.3. The minimum absolute atomic E-state index is 0.151. The van der Waals surface area contributed by atoms with Crippen LogP contribution in [-0.4, -0.2) is 42.9 Å². The molecule has 0 bridgehead atoms. The molecule has 0 saturated carbocycles. The number of piperidine rings is 1. The van der Waals surface area contributed by atoms with Gasteiger partial charge in [-0.15, -0.1) is 11.8 Å². The van der Waals surface area contributed by atoms with Gasteiger partial charge >= 0.3 is 0 Å². The zero-order valence-electron chi connectivity index (χ0n) is 12.6. The van der Waals surface area contributed by atoms with Crippen LogP contribution in [0, 0.1) is 11.7 Å². The largest absolute Gasteiger partial charge is 0.314 e. The normalized spacial score (nSPS) is 27.1. The molecule has 2 atom stereocenters. The lowest BCUT2D eigenvalue weighted by Crippen LogP contribution is -2.44. The van der Waals surface area contributed by atoms with Crippen LogP contribution in [0.2, 0.25) is 0 Å². The molecule has 4 heteroatoms. The highest BCUT2D eigenvalue weighted by Gasteiger charge is 2.28. The van der Waals surface area contributed by atoms with E-state index in [1.807, 2.05) is 23.9 Å². The monoisotopic (exact) mass is 308 g/mol. The summed E-state index contributed by atoms with van der Waals surface area (Å²) in [6, 6.07) is 7.61. The summed E-state index contributed by atoms with van der Waals surface area (Å²) in [6.07, 6.45) is 5.44. The predicted molar refractivity (Wildman–Crippen MR) is 87.3 cm³/mol. The Hall–Kier alpha value is -0.580. The van der Waals surface area contributed by atoms with Crippen LogP contribution in [0.3, 0.4) is 0 Å². The van der Waals surface area contributed by atoms with E-state index in [0.717, 1.165) is 24.3 Å². The highest BCUT2D eigenvalue weighted by molar-refractivity contribution is 7.99. The van der Waals surface area contributed by atoms with Gasteiger partial charge in [0.1, 0.15) is 5.82 Å². The van der Waals surface area contributed by atoms with Crippen molar-refractivity contribution in [3.63, 3.8) is 0 Å². The van der Waals surface area contributed by atoms with E-state index in [0.29, 0.717) is 0 Å². The van der Waals surface area contributed by atoms with Crippen LogP contribution in [0.15, 0.2) is 29.2 Å². The van der Waals surface area contributed by atoms with Crippen LogP contribution >= 0.6 is 11.8 Å². The number of halogens is 1. The Morgan fingerprint density at radius 3 is 2.81 bits per heavy atom. The Balaban J connectivity index is 1.41. The number of likely N-dealkylation sites (tertiary alicyclic amines) is 1. The zero-order valence-corrected chi connectivity index (χ0v) is 13.4. The Kier molecular flexibility index (Phi) is 5.55. The lowest BCUT2D eigenvalue weighted by atomic mass is 9.90. The van der Waals surface area contributed by atoms with Crippen molar-refractivity contribution in [2.75, 3.05) is 31.9 Å². The molecule has 2 unspecified atom stereocenters. The molecule has 1 aromatic carbocycles. The average Bonchev–Trinajstić information content (AvgIpc) is 3.04. The SMILES string of the molecule is Fc1ccc(SCCN2CCCC(C3CCCN3)C2)cc1. The molecular formula is C17H25FN2S. The molecule has 2 aliphatic rings. The van der Waals surface area contributed by atoms with Crippen LogP contribution in [-0.2, 0) is 0 Å². The minimum atomic E-state index is -0.151. The van der Waals surface area contributed by atoms with Gasteiger partial charge in [-0.05, 0) is 69.0 Å². The first-order valence-corrected chi connectivity index (χ1v) is 9.14. The molecule has 2 fully saturated rings. The van der Waals surface area contributed by atoms with Crippen molar-refractivity contribution in [3.05, 3.63) is 30.1 Å². The second-order valence-electron chi connectivity index (χ2n) is 6.21. The van der Waals surface area contributed by atoms with Gasteiger partial charge < -0.3 is 10.2 Å². The van der Waals surface area contributed by atoms with Gasteiger partial charge in [-0.1, -0.05) is 0 Å². The fraction of sp³-hybridized carbons (Fsp3) is 0.647. The van der Waals surface area contributed by atoms with Crippen molar-refractivity contribution in [1.29, 1.82) is 0 Å². The fourth-order valence-corrected chi connectivity index (χ4v) is 4.47. The summed E-state index contributed by atoms with van der Waals surface area (Å²) in [5, 5.41) is 3.67. The molecule has 0 aromatic heterocycles. The first-order valence-electron chi connectivity index (χ1n) is 8.15. The fourth-order valence-electron chi connectivity index (χ4n) is 3.56. The quantitative estimate of drug-likeness (QED) is 0.840. The lowest BCUT2D eigenvalue weighted by Gasteiger charge is -2.35. The summed E-state index contributed by atoms with van der Waals surface area (Å²) >= 11 is 1.83. The van der Waals surface area contributed by atoms with Gasteiger partial charge in [-0.3, -0.25) is 0 Å². The molecule has 2 aliphatic heterocycles. The van der Waals surface area contributed by atoms with Crippen LogP contribution in [0.4, 0.5) is 4.39 Å². The van der Waals surface area contributed by atoms with Crippen molar-refractivity contribution in [2.45, 2.75) is 36.6 Å². The Bertz CT molecular complexity index is 431. The highest BCUT2D eigenvalue weighted by atomic mass is 32.2. The van der Waals surface area contributed by atoms with E-state index in [2.05, 4.69) is 10.2 Å². The third-order valence-electron chi connectivity index (χ3n) is 4.70. The van der Waals surface area contributed by atoms with Crippen molar-refractivity contribution < 1.29 is 4.39 Å². The summed E-state index contributed by atoms with van der Waals surface area (Å²) in [7, 11) is 0. The second-order valence-corrected chi connectivity index (χ2v) is 7.38. The van der Waals surface area contributed by atoms with Gasteiger partial charge in [0.05, 0.1) is 0 Å². The van der Waals surface area contributed by atoms with E-state index in [-0.39, 0.29) is 5.82 Å². The van der Waals surface area contributed by atoms with Crippen molar-refractivity contribution >= 4 is 11.8 Å². The molecule has 1 aromatic rings. The number of hydrogen-bond acceptors (Lipinski definition) is 3. The maximum absolute atomic E-state index is 12.9. The van der Waals surface area contributed by atoms with E-state index in [4.69, 9.17) is 0 Å². The van der Waals surface area contributed by atoms with Gasteiger partial charge in [-0.2, -0.15) is 0 Å². The Morgan fingerprint density at radius 1 is 1.19 bits per heavy atom. The van der Waals surface area contributed by atoms with Gasteiger partial charge in [0, 0.05) is 29.8 Å². The lowest BCUT2D eigenvalue weighted by molar-refractivity contribution is 0.159. The van der Waals surface area contributed by atoms with E-state index >= 15 is 0 Å². The van der Waals surface area contributed by atoms with Gasteiger partial charge in [-0.25, -0.2) is 4.39 Å². The summed E-state index contributed by atoms with van der Waals surface area (Å²) in [4.78, 5) is 3.78. The molecule has 21 heavy (non-hydrogen) atoms. The zero-order chi connectivity index (χ0) is 14.5. The maximum atomic E-state index is 12.9. The van der Waals surface area contributed by atoms with E-state index < -0.39 is 0 Å². The molecule has 0 amide bonds. The molecule has 2 nitrogen and oxygen atoms in total. The summed E-state index contributed by atoms with van der Waals surface area (Å²) < 4.78 is 12.9. The van der Waals surface area contributed by atoms with Gasteiger partial charge in [0.25, 0.3) is 0 Å². The van der Waals surface area contributed by atoms with Crippen LogP contribution < -0.4 is 5.32 Å². The summed E-state index contributed by atoms with van der Waals surface area (Å²) in [5.41, 5.74) is 0. The molecule has 3 rings (SSSR count). The number of benzene rings is 1. The highest BCUT2D eigenvalue weighted by Crippen LogP contribution is 2.25. The standard InChI is InChI=1S/C17H25FN2S/c18-15-5-7-16(8-6-15)21-12-11-20-10-2-3-14(13-20)17-4-1-9-19-17/h5-8,14,17,19H,1-4,9-13H2. The Morgan fingerprint density at radius 2 is 2.05 bits per heavy atom. The van der Waals surface area contributed by atoms with E-state index in [9.17, 15) is 4.39 Å². The van der Waals surface area contributed by atoms with Gasteiger partial charge in [0.2, 0.25) is 0 Å². The van der Waals surface area contributed by atoms with Crippen molar-refractivity contribution in [3.8, 4) is 0 Å². The van der Waals surface area contributed by atoms with Crippen LogP contribution in [0.25, 0.3) is 0 Å². The number of thioether (sulfide) groups is 1. The van der Waals surface area contributed by atoms with E-state index in [1.165, 1.54) is 50.2 Å². The van der Waals surface area contributed by atoms with Crippen molar-refractivity contribution in [1.82, 2.24) is 10.2 Å². The molecule has 0 spiro atoms. The number of hydrogen-bond donors (Lipinski definition) is 1. The molecular weight excluding hydrogens is 283 g/mol. The second kappa shape index (κ2) is 7.61. The number of nitrogens with zero attached hydrogens (tertiary/aromatic N) is 1. The van der Waals surface area contributed by atoms with Crippen LogP contribution in [0.5, 0.6) is 0 Å². The predicted octanol–water partition coefficient (Wildman–Crippen LogP) is 3.38. The number of nitrogens with one attached hydrogen (secondary N) is 1. The summed E-state index contributed by atoms with van der Waals surface area (Å²) in [5.74, 6) is 1.79. The third-order valence-corrected chi connectivity index (χ3v) is 5.69. The van der Waals surface area contributed by atoms with Gasteiger partial charge in [0.15, 0.2) is 0 Å². The van der Waals surface area contributed by atoms with E-state index in [1.54, 1.807) is 12.1 Å². The average molecular weight is 308 g/mol. The first-order chi connectivity index (χ1) is 10.3. The molecule has 2 heterocycles. The number of rotatable bonds is 5. The topological polar surface area (TPSA) is 15.3 Å². The third kappa shape index (κ3) is 4.44. The van der Waals surface area contributed by atoms with Crippen molar-refractivity contribution in [2.24, 2.45) is 5.92 Å². The molecule has 2 saturated heterocycles. The smallest absolute Gasteiger partial charge is 0.123 e. The van der Waals surface area contributed by atoms with Crippen LogP contribution in [0.1, 0.15) is 25.7 Å². The molecule has 116 valence electrons.